The standard InChI is InChI=1S/C20H30N4O8S2/c1-4-6-22(12-14-32-33(3,28)29)20-17(5-2)15-18(24(26)27)16-19(20)34(30,31)23-9-7-21(8-10-23)11-13-25/h2,15-16,25H,4,6-14H2,1,3H3. The molecule has 0 saturated carbocycles. The molecule has 1 saturated heterocycles. The highest BCUT2D eigenvalue weighted by atomic mass is 32.2. The maximum Gasteiger partial charge on any atom is 0.272 e. The van der Waals surface area contributed by atoms with Crippen LogP contribution in [0.2, 0.25) is 0 Å². The van der Waals surface area contributed by atoms with E-state index in [1.807, 2.05) is 11.8 Å². The van der Waals surface area contributed by atoms with Gasteiger partial charge in [-0.2, -0.15) is 12.7 Å². The van der Waals surface area contributed by atoms with Crippen LogP contribution in [-0.4, -0.2) is 101 Å². The molecular weight excluding hydrogens is 488 g/mol. The second-order valence-electron chi connectivity index (χ2n) is 7.72. The summed E-state index contributed by atoms with van der Waals surface area (Å²) in [5.41, 5.74) is -0.345. The molecule has 0 amide bonds. The molecule has 1 aliphatic rings. The van der Waals surface area contributed by atoms with Crippen LogP contribution in [-0.2, 0) is 24.3 Å². The topological polar surface area (TPSA) is 151 Å². The molecule has 1 aromatic rings. The molecule has 2 rings (SSSR count). The molecule has 0 unspecified atom stereocenters. The third-order valence-electron chi connectivity index (χ3n) is 5.26. The Labute approximate surface area is 200 Å². The molecule has 34 heavy (non-hydrogen) atoms. The number of aliphatic hydroxyl groups excluding tert-OH is 1. The van der Waals surface area contributed by atoms with Crippen molar-refractivity contribution in [2.45, 2.75) is 18.2 Å². The Kier molecular flexibility index (Phi) is 9.80. The van der Waals surface area contributed by atoms with Crippen LogP contribution in [0.3, 0.4) is 0 Å². The van der Waals surface area contributed by atoms with Crippen molar-refractivity contribution in [3.05, 3.63) is 27.8 Å². The van der Waals surface area contributed by atoms with Crippen LogP contribution in [0.25, 0.3) is 0 Å². The van der Waals surface area contributed by atoms with E-state index in [2.05, 4.69) is 5.92 Å². The monoisotopic (exact) mass is 518 g/mol. The first kappa shape index (κ1) is 28.0. The molecule has 1 aromatic carbocycles. The lowest BCUT2D eigenvalue weighted by Crippen LogP contribution is -2.49. The van der Waals surface area contributed by atoms with Crippen LogP contribution in [0.15, 0.2) is 17.0 Å². The molecule has 0 radical (unpaired) electrons. The summed E-state index contributed by atoms with van der Waals surface area (Å²) in [4.78, 5) is 14.0. The van der Waals surface area contributed by atoms with E-state index < -0.39 is 30.8 Å². The van der Waals surface area contributed by atoms with E-state index in [9.17, 15) is 26.9 Å². The van der Waals surface area contributed by atoms with Crippen molar-refractivity contribution < 1.29 is 31.0 Å². The van der Waals surface area contributed by atoms with Crippen molar-refractivity contribution in [1.29, 1.82) is 0 Å². The number of sulfonamides is 1. The van der Waals surface area contributed by atoms with Crippen LogP contribution < -0.4 is 4.90 Å². The lowest BCUT2D eigenvalue weighted by Gasteiger charge is -2.35. The molecular formula is C20H30N4O8S2. The third kappa shape index (κ3) is 7.11. The zero-order valence-corrected chi connectivity index (χ0v) is 20.8. The van der Waals surface area contributed by atoms with Crippen LogP contribution in [0.5, 0.6) is 0 Å². The summed E-state index contributed by atoms with van der Waals surface area (Å²) < 4.78 is 56.2. The number of hydrogen-bond acceptors (Lipinski definition) is 10. The second kappa shape index (κ2) is 11.9. The summed E-state index contributed by atoms with van der Waals surface area (Å²) in [5, 5.41) is 20.6. The highest BCUT2D eigenvalue weighted by Crippen LogP contribution is 2.35. The number of anilines is 1. The number of terminal acetylenes is 1. The number of benzene rings is 1. The van der Waals surface area contributed by atoms with Gasteiger partial charge in [0.05, 0.1) is 35.6 Å². The summed E-state index contributed by atoms with van der Waals surface area (Å²) in [6.07, 6.45) is 7.10. The summed E-state index contributed by atoms with van der Waals surface area (Å²) in [6, 6.07) is 2.12. The van der Waals surface area contributed by atoms with Gasteiger partial charge < -0.3 is 10.0 Å². The van der Waals surface area contributed by atoms with E-state index in [1.54, 1.807) is 4.90 Å². The van der Waals surface area contributed by atoms with Crippen molar-refractivity contribution in [2.75, 3.05) is 70.2 Å². The van der Waals surface area contributed by atoms with Crippen LogP contribution in [0.4, 0.5) is 11.4 Å². The van der Waals surface area contributed by atoms with Crippen molar-refractivity contribution >= 4 is 31.5 Å². The molecule has 1 N–H and O–H groups in total. The Hall–Kier alpha value is -2.28. The number of β-amino-alcohol motifs (C(OH)–C–C–N with tert-alkyl or cyclic N) is 1. The minimum atomic E-state index is -4.19. The van der Waals surface area contributed by atoms with Crippen molar-refractivity contribution in [1.82, 2.24) is 9.21 Å². The zero-order valence-electron chi connectivity index (χ0n) is 19.2. The first-order valence-corrected chi connectivity index (χ1v) is 13.9. The Morgan fingerprint density at radius 1 is 1.21 bits per heavy atom. The lowest BCUT2D eigenvalue weighted by molar-refractivity contribution is -0.385. The smallest absolute Gasteiger partial charge is 0.272 e. The van der Waals surface area contributed by atoms with Gasteiger partial charge >= 0.3 is 0 Å². The largest absolute Gasteiger partial charge is 0.395 e. The molecule has 0 atom stereocenters. The zero-order chi connectivity index (χ0) is 25.5. The summed E-state index contributed by atoms with van der Waals surface area (Å²) >= 11 is 0. The molecule has 12 nitrogen and oxygen atoms in total. The molecule has 0 aliphatic carbocycles. The summed E-state index contributed by atoms with van der Waals surface area (Å²) in [7, 11) is -7.91. The van der Waals surface area contributed by atoms with E-state index in [-0.39, 0.29) is 49.0 Å². The molecule has 0 bridgehead atoms. The normalized spacial score (nSPS) is 15.7. The van der Waals surface area contributed by atoms with Gasteiger partial charge in [-0.3, -0.25) is 19.2 Å². The number of aliphatic hydroxyl groups is 1. The fourth-order valence-electron chi connectivity index (χ4n) is 3.71. The van der Waals surface area contributed by atoms with E-state index in [0.29, 0.717) is 32.6 Å². The van der Waals surface area contributed by atoms with Crippen molar-refractivity contribution in [3.8, 4) is 12.3 Å². The minimum Gasteiger partial charge on any atom is -0.395 e. The number of nitro benzene ring substituents is 1. The molecule has 1 heterocycles. The number of nitro groups is 1. The van der Waals surface area contributed by atoms with Gasteiger partial charge in [-0.15, -0.1) is 6.42 Å². The highest BCUT2D eigenvalue weighted by Gasteiger charge is 2.34. The number of nitrogens with zero attached hydrogens (tertiary/aromatic N) is 4. The van der Waals surface area contributed by atoms with Gasteiger partial charge in [0.1, 0.15) is 4.90 Å². The fourth-order valence-corrected chi connectivity index (χ4v) is 5.76. The maximum atomic E-state index is 13.7. The van der Waals surface area contributed by atoms with E-state index in [1.165, 1.54) is 4.31 Å². The van der Waals surface area contributed by atoms with Gasteiger partial charge in [0.25, 0.3) is 15.8 Å². The van der Waals surface area contributed by atoms with Crippen molar-refractivity contribution in [3.63, 3.8) is 0 Å². The Morgan fingerprint density at radius 3 is 2.35 bits per heavy atom. The first-order valence-electron chi connectivity index (χ1n) is 10.7. The van der Waals surface area contributed by atoms with Gasteiger partial charge in [0.2, 0.25) is 10.0 Å². The molecule has 14 heteroatoms. The summed E-state index contributed by atoms with van der Waals surface area (Å²) in [5.74, 6) is 2.35. The van der Waals surface area contributed by atoms with E-state index in [0.717, 1.165) is 18.4 Å². The van der Waals surface area contributed by atoms with Gasteiger partial charge in [-0.1, -0.05) is 12.8 Å². The molecule has 1 fully saturated rings. The number of rotatable bonds is 12. The molecule has 0 aromatic heterocycles. The van der Waals surface area contributed by atoms with E-state index >= 15 is 0 Å². The fraction of sp³-hybridized carbons (Fsp3) is 0.600. The first-order chi connectivity index (χ1) is 15.9. The number of hydrogen-bond donors (Lipinski definition) is 1. The predicted molar refractivity (Wildman–Crippen MR) is 127 cm³/mol. The average Bonchev–Trinajstić information content (AvgIpc) is 2.77. The SMILES string of the molecule is C#Cc1cc([N+](=O)[O-])cc(S(=O)(=O)N2CCN(CCO)CC2)c1N(CCC)CCOS(C)(=O)=O. The lowest BCUT2D eigenvalue weighted by atomic mass is 10.1. The number of piperazine rings is 1. The minimum absolute atomic E-state index is 0.000197. The second-order valence-corrected chi connectivity index (χ2v) is 11.3. The van der Waals surface area contributed by atoms with Crippen LogP contribution in [0, 0.1) is 22.5 Å². The third-order valence-corrected chi connectivity index (χ3v) is 7.77. The van der Waals surface area contributed by atoms with Crippen LogP contribution >= 0.6 is 0 Å². The summed E-state index contributed by atoms with van der Waals surface area (Å²) in [6.45, 7) is 3.35. The predicted octanol–water partition coefficient (Wildman–Crippen LogP) is 0.0673. The molecule has 190 valence electrons. The van der Waals surface area contributed by atoms with Gasteiger partial charge in [-0.05, 0) is 6.42 Å². The highest BCUT2D eigenvalue weighted by molar-refractivity contribution is 7.89. The van der Waals surface area contributed by atoms with Crippen LogP contribution in [0.1, 0.15) is 18.9 Å². The maximum absolute atomic E-state index is 13.7. The molecule has 1 aliphatic heterocycles. The van der Waals surface area contributed by atoms with Gasteiger partial charge in [-0.25, -0.2) is 8.42 Å². The van der Waals surface area contributed by atoms with E-state index in [4.69, 9.17) is 15.7 Å². The van der Waals surface area contributed by atoms with Gasteiger partial charge in [0.15, 0.2) is 0 Å². The average molecular weight is 519 g/mol. The molecule has 0 spiro atoms. The quantitative estimate of drug-likeness (QED) is 0.174. The van der Waals surface area contributed by atoms with Gasteiger partial charge in [0, 0.05) is 57.9 Å². The Bertz CT molecular complexity index is 1120. The van der Waals surface area contributed by atoms with Crippen molar-refractivity contribution in [2.24, 2.45) is 0 Å². The Balaban J connectivity index is 2.57. The Morgan fingerprint density at radius 2 is 1.85 bits per heavy atom. The number of non-ortho nitro benzene ring substituents is 1.